The lowest BCUT2D eigenvalue weighted by molar-refractivity contribution is 0.483. The van der Waals surface area contributed by atoms with Gasteiger partial charge in [0, 0.05) is 6.04 Å². The second-order valence-corrected chi connectivity index (χ2v) is 5.03. The highest BCUT2D eigenvalue weighted by Gasteiger charge is 2.14. The average Bonchev–Trinajstić information content (AvgIpc) is 2.25. The molecule has 1 aromatic rings. The molecule has 0 radical (unpaired) electrons. The molecule has 0 heterocycles. The molecule has 0 aliphatic carbocycles. The Bertz CT molecular complexity index is 335. The minimum Gasteiger partial charge on any atom is -0.271 e. The fraction of sp³-hybridized carbons (Fsp3) is 0.600. The van der Waals surface area contributed by atoms with Gasteiger partial charge in [0.2, 0.25) is 0 Å². The van der Waals surface area contributed by atoms with Crippen LogP contribution in [0.15, 0.2) is 12.1 Å². The van der Waals surface area contributed by atoms with E-state index in [2.05, 4.69) is 45.3 Å². The summed E-state index contributed by atoms with van der Waals surface area (Å²) >= 11 is 0. The molecule has 1 rings (SSSR count). The first-order valence-electron chi connectivity index (χ1n) is 6.64. The molecule has 3 N–H and O–H groups in total. The number of hydrazine groups is 1. The van der Waals surface area contributed by atoms with E-state index >= 15 is 0 Å². The van der Waals surface area contributed by atoms with Crippen LogP contribution < -0.4 is 11.3 Å². The van der Waals surface area contributed by atoms with Gasteiger partial charge in [-0.25, -0.2) is 0 Å². The van der Waals surface area contributed by atoms with Crippen LogP contribution in [0.1, 0.15) is 60.9 Å². The Hall–Kier alpha value is -0.860. The van der Waals surface area contributed by atoms with Crippen LogP contribution in [0.4, 0.5) is 0 Å². The first-order chi connectivity index (χ1) is 8.10. The molecule has 2 nitrogen and oxygen atoms in total. The SMILES string of the molecule is CCCCCC(NN)c1c(C)cc(C)cc1C. The average molecular weight is 234 g/mol. The van der Waals surface area contributed by atoms with E-state index in [-0.39, 0.29) is 0 Å². The molecule has 0 aromatic heterocycles. The van der Waals surface area contributed by atoms with E-state index in [1.807, 2.05) is 0 Å². The first kappa shape index (κ1) is 14.2. The Kier molecular flexibility index (Phi) is 5.66. The summed E-state index contributed by atoms with van der Waals surface area (Å²) in [6.45, 7) is 8.73. The lowest BCUT2D eigenvalue weighted by Crippen LogP contribution is -2.29. The number of hydrogen-bond acceptors (Lipinski definition) is 2. The highest BCUT2D eigenvalue weighted by atomic mass is 15.2. The van der Waals surface area contributed by atoms with E-state index in [9.17, 15) is 0 Å². The molecule has 17 heavy (non-hydrogen) atoms. The van der Waals surface area contributed by atoms with E-state index in [0.29, 0.717) is 6.04 Å². The summed E-state index contributed by atoms with van der Waals surface area (Å²) in [4.78, 5) is 0. The fourth-order valence-corrected chi connectivity index (χ4v) is 2.65. The fourth-order valence-electron chi connectivity index (χ4n) is 2.65. The highest BCUT2D eigenvalue weighted by molar-refractivity contribution is 5.39. The molecule has 1 atom stereocenters. The van der Waals surface area contributed by atoms with Crippen molar-refractivity contribution in [2.24, 2.45) is 5.84 Å². The van der Waals surface area contributed by atoms with E-state index in [1.165, 1.54) is 41.5 Å². The second-order valence-electron chi connectivity index (χ2n) is 5.03. The van der Waals surface area contributed by atoms with Gasteiger partial charge in [0.25, 0.3) is 0 Å². The maximum Gasteiger partial charge on any atom is 0.0465 e. The van der Waals surface area contributed by atoms with Crippen LogP contribution in [0.5, 0.6) is 0 Å². The van der Waals surface area contributed by atoms with Gasteiger partial charge in [-0.2, -0.15) is 0 Å². The van der Waals surface area contributed by atoms with Gasteiger partial charge < -0.3 is 0 Å². The maximum atomic E-state index is 5.71. The van der Waals surface area contributed by atoms with Crippen LogP contribution in [0.25, 0.3) is 0 Å². The Balaban J connectivity index is 2.87. The number of nitrogens with one attached hydrogen (secondary N) is 1. The van der Waals surface area contributed by atoms with Crippen molar-refractivity contribution < 1.29 is 0 Å². The molecule has 96 valence electrons. The Morgan fingerprint density at radius 2 is 1.71 bits per heavy atom. The lowest BCUT2D eigenvalue weighted by atomic mass is 9.91. The second kappa shape index (κ2) is 6.77. The zero-order valence-corrected chi connectivity index (χ0v) is 11.6. The summed E-state index contributed by atoms with van der Waals surface area (Å²) in [6.07, 6.45) is 4.89. The monoisotopic (exact) mass is 234 g/mol. The van der Waals surface area contributed by atoms with Crippen molar-refractivity contribution in [1.82, 2.24) is 5.43 Å². The molecule has 0 amide bonds. The molecular weight excluding hydrogens is 208 g/mol. The molecule has 1 aromatic carbocycles. The van der Waals surface area contributed by atoms with E-state index < -0.39 is 0 Å². The standard InChI is InChI=1S/C15H26N2/c1-5-6-7-8-14(17-16)15-12(3)9-11(2)10-13(15)4/h9-10,14,17H,5-8,16H2,1-4H3. The molecular formula is C15H26N2. The van der Waals surface area contributed by atoms with Gasteiger partial charge in [-0.05, 0) is 43.9 Å². The van der Waals surface area contributed by atoms with Crippen LogP contribution >= 0.6 is 0 Å². The summed E-state index contributed by atoms with van der Waals surface area (Å²) in [5.74, 6) is 5.71. The van der Waals surface area contributed by atoms with E-state index in [4.69, 9.17) is 5.84 Å². The molecule has 0 saturated carbocycles. The van der Waals surface area contributed by atoms with Crippen molar-refractivity contribution in [3.8, 4) is 0 Å². The van der Waals surface area contributed by atoms with Gasteiger partial charge in [-0.3, -0.25) is 11.3 Å². The molecule has 0 aliphatic rings. The topological polar surface area (TPSA) is 38.0 Å². The zero-order valence-electron chi connectivity index (χ0n) is 11.6. The molecule has 0 aliphatic heterocycles. The van der Waals surface area contributed by atoms with Gasteiger partial charge in [-0.1, -0.05) is 43.9 Å². The number of rotatable bonds is 6. The summed E-state index contributed by atoms with van der Waals surface area (Å²) in [6, 6.07) is 4.78. The van der Waals surface area contributed by atoms with E-state index in [1.54, 1.807) is 0 Å². The first-order valence-corrected chi connectivity index (χ1v) is 6.64. The van der Waals surface area contributed by atoms with E-state index in [0.717, 1.165) is 6.42 Å². The molecule has 0 saturated heterocycles. The van der Waals surface area contributed by atoms with Crippen LogP contribution in [0, 0.1) is 20.8 Å². The molecule has 1 unspecified atom stereocenters. The van der Waals surface area contributed by atoms with Crippen molar-refractivity contribution in [3.63, 3.8) is 0 Å². The van der Waals surface area contributed by atoms with Crippen molar-refractivity contribution in [3.05, 3.63) is 34.4 Å². The Labute approximate surface area is 106 Å². The summed E-state index contributed by atoms with van der Waals surface area (Å²) < 4.78 is 0. The van der Waals surface area contributed by atoms with Gasteiger partial charge >= 0.3 is 0 Å². The molecule has 0 spiro atoms. The number of nitrogens with two attached hydrogens (primary N) is 1. The van der Waals surface area contributed by atoms with Crippen molar-refractivity contribution in [2.45, 2.75) is 59.4 Å². The maximum absolute atomic E-state index is 5.71. The molecule has 0 bridgehead atoms. The molecule has 0 fully saturated rings. The number of unbranched alkanes of at least 4 members (excludes halogenated alkanes) is 2. The third-order valence-electron chi connectivity index (χ3n) is 3.38. The largest absolute Gasteiger partial charge is 0.271 e. The smallest absolute Gasteiger partial charge is 0.0465 e. The van der Waals surface area contributed by atoms with Crippen molar-refractivity contribution >= 4 is 0 Å². The third-order valence-corrected chi connectivity index (χ3v) is 3.38. The minimum atomic E-state index is 0.294. The minimum absolute atomic E-state index is 0.294. The number of aryl methyl sites for hydroxylation is 3. The number of benzene rings is 1. The van der Waals surface area contributed by atoms with Gasteiger partial charge in [-0.15, -0.1) is 0 Å². The summed E-state index contributed by atoms with van der Waals surface area (Å²) in [5.41, 5.74) is 8.39. The van der Waals surface area contributed by atoms with Crippen LogP contribution in [-0.4, -0.2) is 0 Å². The van der Waals surface area contributed by atoms with Gasteiger partial charge in [0.05, 0.1) is 0 Å². The highest BCUT2D eigenvalue weighted by Crippen LogP contribution is 2.26. The predicted octanol–water partition coefficient (Wildman–Crippen LogP) is 3.70. The van der Waals surface area contributed by atoms with Gasteiger partial charge in [0.1, 0.15) is 0 Å². The normalized spacial score (nSPS) is 12.8. The van der Waals surface area contributed by atoms with Crippen LogP contribution in [0.3, 0.4) is 0 Å². The Morgan fingerprint density at radius 1 is 1.12 bits per heavy atom. The van der Waals surface area contributed by atoms with Crippen LogP contribution in [0.2, 0.25) is 0 Å². The van der Waals surface area contributed by atoms with Crippen molar-refractivity contribution in [1.29, 1.82) is 0 Å². The molecule has 2 heteroatoms. The third kappa shape index (κ3) is 3.83. The predicted molar refractivity (Wildman–Crippen MR) is 74.9 cm³/mol. The number of hydrogen-bond donors (Lipinski definition) is 2. The lowest BCUT2D eigenvalue weighted by Gasteiger charge is -2.21. The Morgan fingerprint density at radius 3 is 2.18 bits per heavy atom. The summed E-state index contributed by atoms with van der Waals surface area (Å²) in [5, 5.41) is 0. The van der Waals surface area contributed by atoms with Crippen molar-refractivity contribution in [2.75, 3.05) is 0 Å². The quantitative estimate of drug-likeness (QED) is 0.447. The van der Waals surface area contributed by atoms with Gasteiger partial charge in [0.15, 0.2) is 0 Å². The zero-order chi connectivity index (χ0) is 12.8. The summed E-state index contributed by atoms with van der Waals surface area (Å²) in [7, 11) is 0. The van der Waals surface area contributed by atoms with Crippen LogP contribution in [-0.2, 0) is 0 Å².